The van der Waals surface area contributed by atoms with E-state index >= 15 is 0 Å². The molecule has 0 radical (unpaired) electrons. The van der Waals surface area contributed by atoms with Gasteiger partial charge in [-0.15, -0.1) is 0 Å². The van der Waals surface area contributed by atoms with Gasteiger partial charge in [0.05, 0.1) is 11.3 Å². The van der Waals surface area contributed by atoms with Crippen LogP contribution in [-0.4, -0.2) is 24.3 Å². The van der Waals surface area contributed by atoms with Crippen molar-refractivity contribution in [3.63, 3.8) is 0 Å². The summed E-state index contributed by atoms with van der Waals surface area (Å²) in [5, 5.41) is 18.3. The Labute approximate surface area is 109 Å². The summed E-state index contributed by atoms with van der Waals surface area (Å²) in [4.78, 5) is 2.30. The molecule has 1 N–H and O–H groups in total. The molecule has 0 bridgehead atoms. The van der Waals surface area contributed by atoms with Crippen molar-refractivity contribution < 1.29 is 5.11 Å². The van der Waals surface area contributed by atoms with Crippen LogP contribution in [-0.2, 0) is 0 Å². The fraction of sp³-hybridized carbons (Fsp3) is 0.533. The molecule has 2 rings (SSSR count). The summed E-state index contributed by atoms with van der Waals surface area (Å²) in [7, 11) is 0. The Balaban J connectivity index is 2.26. The van der Waals surface area contributed by atoms with Crippen molar-refractivity contribution in [3.05, 3.63) is 29.3 Å². The maximum Gasteiger partial charge on any atom is 0.101 e. The molecule has 1 aromatic rings. The van der Waals surface area contributed by atoms with Gasteiger partial charge < -0.3 is 10.0 Å². The van der Waals surface area contributed by atoms with Crippen LogP contribution in [0, 0.1) is 18.3 Å². The number of benzene rings is 1. The molecular formula is C15H20N2O. The molecule has 3 heteroatoms. The van der Waals surface area contributed by atoms with Gasteiger partial charge in [-0.25, -0.2) is 0 Å². The average molecular weight is 244 g/mol. The summed E-state index contributed by atoms with van der Waals surface area (Å²) >= 11 is 0. The summed E-state index contributed by atoms with van der Waals surface area (Å²) in [6.07, 6.45) is 4.43. The maximum atomic E-state index is 9.26. The van der Waals surface area contributed by atoms with Gasteiger partial charge in [-0.05, 0) is 50.3 Å². The lowest BCUT2D eigenvalue weighted by molar-refractivity contribution is 0.283. The van der Waals surface area contributed by atoms with Gasteiger partial charge in [0.15, 0.2) is 0 Å². The largest absolute Gasteiger partial charge is 0.396 e. The monoisotopic (exact) mass is 244 g/mol. The Morgan fingerprint density at radius 1 is 1.44 bits per heavy atom. The lowest BCUT2D eigenvalue weighted by atomic mass is 9.90. The molecule has 96 valence electrons. The number of rotatable bonds is 5. The Morgan fingerprint density at radius 3 is 2.78 bits per heavy atom. The van der Waals surface area contributed by atoms with Gasteiger partial charge in [0, 0.05) is 19.2 Å². The second-order valence-electron chi connectivity index (χ2n) is 4.99. The molecule has 1 aromatic carbocycles. The minimum atomic E-state index is 0.205. The van der Waals surface area contributed by atoms with Crippen LogP contribution in [0.5, 0.6) is 0 Å². The molecule has 0 heterocycles. The minimum Gasteiger partial charge on any atom is -0.396 e. The van der Waals surface area contributed by atoms with Crippen molar-refractivity contribution >= 4 is 5.69 Å². The average Bonchev–Trinajstić information content (AvgIpc) is 2.32. The van der Waals surface area contributed by atoms with E-state index in [1.165, 1.54) is 19.3 Å². The number of nitriles is 1. The number of anilines is 1. The van der Waals surface area contributed by atoms with E-state index in [4.69, 9.17) is 5.11 Å². The van der Waals surface area contributed by atoms with Gasteiger partial charge in [-0.2, -0.15) is 5.26 Å². The third-order valence-electron chi connectivity index (χ3n) is 3.65. The molecule has 3 nitrogen and oxygen atoms in total. The molecule has 1 saturated carbocycles. The van der Waals surface area contributed by atoms with Crippen molar-refractivity contribution in [3.8, 4) is 6.07 Å². The second-order valence-corrected chi connectivity index (χ2v) is 4.99. The van der Waals surface area contributed by atoms with Crippen LogP contribution in [0.4, 0.5) is 5.69 Å². The van der Waals surface area contributed by atoms with Crippen molar-refractivity contribution in [2.24, 2.45) is 0 Å². The Morgan fingerprint density at radius 2 is 2.22 bits per heavy atom. The summed E-state index contributed by atoms with van der Waals surface area (Å²) in [5.41, 5.74) is 2.90. The molecule has 0 aliphatic heterocycles. The first-order valence-electron chi connectivity index (χ1n) is 6.64. The van der Waals surface area contributed by atoms with Gasteiger partial charge >= 0.3 is 0 Å². The highest BCUT2D eigenvalue weighted by Crippen LogP contribution is 2.32. The van der Waals surface area contributed by atoms with Gasteiger partial charge in [-0.1, -0.05) is 6.07 Å². The predicted molar refractivity (Wildman–Crippen MR) is 72.6 cm³/mol. The van der Waals surface area contributed by atoms with E-state index in [0.29, 0.717) is 6.04 Å². The van der Waals surface area contributed by atoms with Crippen LogP contribution < -0.4 is 4.90 Å². The Kier molecular flexibility index (Phi) is 4.22. The standard InChI is InChI=1S/C15H20N2O/c1-12-6-7-15(13(10-12)11-16)17(8-3-9-18)14-4-2-5-14/h6-7,10,14,18H,2-5,8-9H2,1H3. The molecule has 0 atom stereocenters. The van der Waals surface area contributed by atoms with E-state index in [1.807, 2.05) is 19.1 Å². The van der Waals surface area contributed by atoms with Crippen LogP contribution in [0.25, 0.3) is 0 Å². The highest BCUT2D eigenvalue weighted by molar-refractivity contribution is 5.61. The first kappa shape index (κ1) is 12.9. The quantitative estimate of drug-likeness (QED) is 0.866. The lowest BCUT2D eigenvalue weighted by Gasteiger charge is -2.39. The lowest BCUT2D eigenvalue weighted by Crippen LogP contribution is -2.41. The van der Waals surface area contributed by atoms with Crippen LogP contribution in [0.2, 0.25) is 0 Å². The maximum absolute atomic E-state index is 9.26. The van der Waals surface area contributed by atoms with E-state index in [1.54, 1.807) is 0 Å². The Hall–Kier alpha value is -1.53. The van der Waals surface area contributed by atoms with Crippen LogP contribution >= 0.6 is 0 Å². The number of aliphatic hydroxyl groups is 1. The van der Waals surface area contributed by atoms with Crippen molar-refractivity contribution in [2.75, 3.05) is 18.1 Å². The molecule has 0 spiro atoms. The molecule has 0 unspecified atom stereocenters. The highest BCUT2D eigenvalue weighted by Gasteiger charge is 2.26. The first-order valence-corrected chi connectivity index (χ1v) is 6.64. The molecule has 1 fully saturated rings. The number of nitrogens with zero attached hydrogens (tertiary/aromatic N) is 2. The van der Waals surface area contributed by atoms with Crippen molar-refractivity contribution in [1.82, 2.24) is 0 Å². The fourth-order valence-corrected chi connectivity index (χ4v) is 2.43. The third kappa shape index (κ3) is 2.65. The SMILES string of the molecule is Cc1ccc(N(CCCO)C2CCC2)c(C#N)c1. The number of hydrogen-bond acceptors (Lipinski definition) is 3. The van der Waals surface area contributed by atoms with Gasteiger partial charge in [0.2, 0.25) is 0 Å². The normalized spacial score (nSPS) is 14.9. The Bertz CT molecular complexity index is 446. The number of aliphatic hydroxyl groups excluding tert-OH is 1. The summed E-state index contributed by atoms with van der Waals surface area (Å²) in [6, 6.07) is 8.89. The van der Waals surface area contributed by atoms with Gasteiger partial charge in [-0.3, -0.25) is 0 Å². The molecule has 0 amide bonds. The topological polar surface area (TPSA) is 47.3 Å². The summed E-state index contributed by atoms with van der Waals surface area (Å²) < 4.78 is 0. The van der Waals surface area contributed by atoms with E-state index < -0.39 is 0 Å². The number of aryl methyl sites for hydroxylation is 1. The van der Waals surface area contributed by atoms with E-state index in [-0.39, 0.29) is 6.61 Å². The molecule has 1 aliphatic rings. The predicted octanol–water partition coefficient (Wildman–Crippen LogP) is 2.61. The smallest absolute Gasteiger partial charge is 0.101 e. The highest BCUT2D eigenvalue weighted by atomic mass is 16.3. The van der Waals surface area contributed by atoms with Crippen molar-refractivity contribution in [2.45, 2.75) is 38.6 Å². The summed E-state index contributed by atoms with van der Waals surface area (Å²) in [5.74, 6) is 0. The van der Waals surface area contributed by atoms with Crippen LogP contribution in [0.3, 0.4) is 0 Å². The molecule has 0 saturated heterocycles. The molecule has 0 aromatic heterocycles. The van der Waals surface area contributed by atoms with Gasteiger partial charge in [0.25, 0.3) is 0 Å². The van der Waals surface area contributed by atoms with Crippen molar-refractivity contribution in [1.29, 1.82) is 5.26 Å². The van der Waals surface area contributed by atoms with Crippen LogP contribution in [0.1, 0.15) is 36.8 Å². The fourth-order valence-electron chi connectivity index (χ4n) is 2.43. The van der Waals surface area contributed by atoms with Gasteiger partial charge in [0.1, 0.15) is 6.07 Å². The minimum absolute atomic E-state index is 0.205. The third-order valence-corrected chi connectivity index (χ3v) is 3.65. The molecule has 18 heavy (non-hydrogen) atoms. The van der Waals surface area contributed by atoms with E-state index in [9.17, 15) is 5.26 Å². The first-order chi connectivity index (χ1) is 8.76. The summed E-state index contributed by atoms with van der Waals surface area (Å²) in [6.45, 7) is 3.04. The van der Waals surface area contributed by atoms with Crippen LogP contribution in [0.15, 0.2) is 18.2 Å². The number of hydrogen-bond donors (Lipinski definition) is 1. The molecular weight excluding hydrogens is 224 g/mol. The van der Waals surface area contributed by atoms with E-state index in [0.717, 1.165) is 29.8 Å². The zero-order valence-corrected chi connectivity index (χ0v) is 10.9. The second kappa shape index (κ2) is 5.88. The van der Waals surface area contributed by atoms with E-state index in [2.05, 4.69) is 17.0 Å². The molecule has 1 aliphatic carbocycles. The zero-order chi connectivity index (χ0) is 13.0. The zero-order valence-electron chi connectivity index (χ0n) is 10.9.